The maximum atomic E-state index is 2.38. The first-order valence-electron chi connectivity index (χ1n) is 8.71. The van der Waals surface area contributed by atoms with E-state index in [1.165, 1.54) is 16.7 Å². The van der Waals surface area contributed by atoms with Crippen molar-refractivity contribution in [3.05, 3.63) is 120 Å². The van der Waals surface area contributed by atoms with E-state index in [2.05, 4.69) is 103 Å². The lowest BCUT2D eigenvalue weighted by molar-refractivity contribution is 0.734. The van der Waals surface area contributed by atoms with Gasteiger partial charge in [-0.15, -0.1) is 0 Å². The molecular weight excluding hydrogens is 288 g/mol. The van der Waals surface area contributed by atoms with Gasteiger partial charge in [0.05, 0.1) is 0 Å². The molecule has 0 aromatic heterocycles. The molecule has 3 aromatic rings. The molecule has 0 saturated heterocycles. The van der Waals surface area contributed by atoms with E-state index in [0.717, 1.165) is 19.3 Å². The van der Waals surface area contributed by atoms with Gasteiger partial charge in [-0.05, 0) is 36.0 Å². The highest BCUT2D eigenvalue weighted by Crippen LogP contribution is 2.23. The lowest BCUT2D eigenvalue weighted by Gasteiger charge is -2.13. The summed E-state index contributed by atoms with van der Waals surface area (Å²) in [6.07, 6.45) is 7.94. The van der Waals surface area contributed by atoms with Gasteiger partial charge in [0.15, 0.2) is 0 Å². The third-order valence-electron chi connectivity index (χ3n) is 4.38. The van der Waals surface area contributed by atoms with E-state index in [9.17, 15) is 0 Å². The minimum atomic E-state index is 0.468. The molecule has 0 radical (unpaired) electrons. The number of hydrogen-bond donors (Lipinski definition) is 0. The van der Waals surface area contributed by atoms with Crippen LogP contribution in [0.2, 0.25) is 0 Å². The second kappa shape index (κ2) is 8.88. The largest absolute Gasteiger partial charge is 0.0835 e. The normalized spacial score (nSPS) is 12.3. The number of hydrogen-bond acceptors (Lipinski definition) is 0. The van der Waals surface area contributed by atoms with Crippen LogP contribution in [0.5, 0.6) is 0 Å². The van der Waals surface area contributed by atoms with Gasteiger partial charge >= 0.3 is 0 Å². The molecule has 0 spiro atoms. The Balaban J connectivity index is 1.68. The van der Waals surface area contributed by atoms with Crippen molar-refractivity contribution in [3.63, 3.8) is 0 Å². The van der Waals surface area contributed by atoms with Crippen LogP contribution in [0.1, 0.15) is 29.0 Å². The van der Waals surface area contributed by atoms with Crippen LogP contribution in [0.3, 0.4) is 0 Å². The van der Waals surface area contributed by atoms with Gasteiger partial charge in [-0.3, -0.25) is 0 Å². The van der Waals surface area contributed by atoms with Crippen molar-refractivity contribution in [1.82, 2.24) is 0 Å². The lowest BCUT2D eigenvalue weighted by Crippen LogP contribution is -1.98. The first-order valence-corrected chi connectivity index (χ1v) is 8.71. The highest BCUT2D eigenvalue weighted by molar-refractivity contribution is 5.26. The van der Waals surface area contributed by atoms with Gasteiger partial charge in [0.25, 0.3) is 0 Å². The average molecular weight is 312 g/mol. The van der Waals surface area contributed by atoms with Crippen LogP contribution >= 0.6 is 0 Å². The number of benzene rings is 3. The van der Waals surface area contributed by atoms with Crippen LogP contribution in [-0.4, -0.2) is 0 Å². The molecule has 0 nitrogen and oxygen atoms in total. The average Bonchev–Trinajstić information content (AvgIpc) is 2.67. The van der Waals surface area contributed by atoms with Crippen LogP contribution in [-0.2, 0) is 12.8 Å². The van der Waals surface area contributed by atoms with Crippen LogP contribution in [0, 0.1) is 0 Å². The molecule has 0 amide bonds. The summed E-state index contributed by atoms with van der Waals surface area (Å²) in [5, 5.41) is 0. The Morgan fingerprint density at radius 2 is 1.17 bits per heavy atom. The molecular formula is C24H24. The van der Waals surface area contributed by atoms with E-state index in [1.807, 2.05) is 0 Å². The fraction of sp³-hybridized carbons (Fsp3) is 0.167. The molecule has 0 aliphatic carbocycles. The molecule has 3 aromatic carbocycles. The van der Waals surface area contributed by atoms with Gasteiger partial charge in [0.1, 0.15) is 0 Å². The van der Waals surface area contributed by atoms with Crippen molar-refractivity contribution in [3.8, 4) is 0 Å². The summed E-state index contributed by atoms with van der Waals surface area (Å²) in [5.41, 5.74) is 4.18. The van der Waals surface area contributed by atoms with Crippen LogP contribution in [0.15, 0.2) is 103 Å². The standard InChI is InChI=1S/C24H24/c1-4-11-21(12-5-1)15-10-18-24(23-16-8-3-9-17-23)20-19-22-13-6-2-7-14-22/h1-14,16-18,24H,15,19-20H2. The van der Waals surface area contributed by atoms with Crippen molar-refractivity contribution in [1.29, 1.82) is 0 Å². The van der Waals surface area contributed by atoms with E-state index in [4.69, 9.17) is 0 Å². The van der Waals surface area contributed by atoms with Crippen molar-refractivity contribution >= 4 is 0 Å². The smallest absolute Gasteiger partial charge is 0.00212 e. The van der Waals surface area contributed by atoms with Crippen molar-refractivity contribution in [2.75, 3.05) is 0 Å². The Morgan fingerprint density at radius 3 is 1.79 bits per heavy atom. The first kappa shape index (κ1) is 16.3. The Kier molecular flexibility index (Phi) is 6.02. The Bertz CT molecular complexity index is 727. The van der Waals surface area contributed by atoms with Crippen molar-refractivity contribution in [2.45, 2.75) is 25.2 Å². The van der Waals surface area contributed by atoms with E-state index >= 15 is 0 Å². The van der Waals surface area contributed by atoms with Gasteiger partial charge in [0, 0.05) is 5.92 Å². The van der Waals surface area contributed by atoms with Gasteiger partial charge in [0.2, 0.25) is 0 Å². The molecule has 0 aliphatic rings. The van der Waals surface area contributed by atoms with Gasteiger partial charge < -0.3 is 0 Å². The Hall–Kier alpha value is -2.60. The Morgan fingerprint density at radius 1 is 0.625 bits per heavy atom. The minimum absolute atomic E-state index is 0.468. The maximum absolute atomic E-state index is 2.38. The molecule has 1 atom stereocenters. The van der Waals surface area contributed by atoms with E-state index in [-0.39, 0.29) is 0 Å². The predicted molar refractivity (Wildman–Crippen MR) is 103 cm³/mol. The van der Waals surface area contributed by atoms with Gasteiger partial charge in [-0.1, -0.05) is 103 Å². The third kappa shape index (κ3) is 4.96. The van der Waals surface area contributed by atoms with E-state index in [0.29, 0.717) is 5.92 Å². The highest BCUT2D eigenvalue weighted by Gasteiger charge is 2.08. The zero-order chi connectivity index (χ0) is 16.5. The second-order valence-electron chi connectivity index (χ2n) is 6.16. The van der Waals surface area contributed by atoms with Gasteiger partial charge in [-0.2, -0.15) is 0 Å². The summed E-state index contributed by atoms with van der Waals surface area (Å²) >= 11 is 0. The fourth-order valence-electron chi connectivity index (χ4n) is 3.02. The van der Waals surface area contributed by atoms with Crippen LogP contribution in [0.4, 0.5) is 0 Å². The summed E-state index contributed by atoms with van der Waals surface area (Å²) in [5.74, 6) is 0.468. The summed E-state index contributed by atoms with van der Waals surface area (Å²) < 4.78 is 0. The van der Waals surface area contributed by atoms with E-state index < -0.39 is 0 Å². The Labute approximate surface area is 145 Å². The quantitative estimate of drug-likeness (QED) is 0.455. The maximum Gasteiger partial charge on any atom is 0.00212 e. The molecule has 0 fully saturated rings. The number of allylic oxidation sites excluding steroid dienone is 2. The highest BCUT2D eigenvalue weighted by atomic mass is 14.1. The monoisotopic (exact) mass is 312 g/mol. The van der Waals surface area contributed by atoms with Crippen LogP contribution < -0.4 is 0 Å². The predicted octanol–water partition coefficient (Wildman–Crippen LogP) is 6.20. The number of rotatable bonds is 7. The van der Waals surface area contributed by atoms with Crippen LogP contribution in [0.25, 0.3) is 0 Å². The summed E-state index contributed by atoms with van der Waals surface area (Å²) in [6, 6.07) is 32.2. The number of aryl methyl sites for hydroxylation is 1. The summed E-state index contributed by atoms with van der Waals surface area (Å²) in [6.45, 7) is 0. The van der Waals surface area contributed by atoms with Crippen molar-refractivity contribution in [2.24, 2.45) is 0 Å². The zero-order valence-electron chi connectivity index (χ0n) is 14.0. The molecule has 0 saturated carbocycles. The first-order chi connectivity index (χ1) is 11.9. The molecule has 3 rings (SSSR count). The minimum Gasteiger partial charge on any atom is -0.0835 e. The lowest BCUT2D eigenvalue weighted by atomic mass is 9.91. The SMILES string of the molecule is C(=CC(CCc1ccccc1)c1ccccc1)Cc1ccccc1. The molecule has 0 N–H and O–H groups in total. The summed E-state index contributed by atoms with van der Waals surface area (Å²) in [7, 11) is 0. The molecule has 120 valence electrons. The molecule has 0 heteroatoms. The van der Waals surface area contributed by atoms with Gasteiger partial charge in [-0.25, -0.2) is 0 Å². The fourth-order valence-corrected chi connectivity index (χ4v) is 3.02. The molecule has 0 heterocycles. The zero-order valence-corrected chi connectivity index (χ0v) is 14.0. The van der Waals surface area contributed by atoms with Crippen molar-refractivity contribution < 1.29 is 0 Å². The molecule has 1 unspecified atom stereocenters. The second-order valence-corrected chi connectivity index (χ2v) is 6.16. The summed E-state index contributed by atoms with van der Waals surface area (Å²) in [4.78, 5) is 0. The molecule has 0 bridgehead atoms. The van der Waals surface area contributed by atoms with E-state index in [1.54, 1.807) is 0 Å². The third-order valence-corrected chi connectivity index (χ3v) is 4.38. The topological polar surface area (TPSA) is 0 Å². The molecule has 24 heavy (non-hydrogen) atoms. The molecule has 0 aliphatic heterocycles.